The van der Waals surface area contributed by atoms with E-state index in [9.17, 15) is 14.4 Å². The van der Waals surface area contributed by atoms with E-state index in [1.54, 1.807) is 54.7 Å². The van der Waals surface area contributed by atoms with Crippen molar-refractivity contribution < 1.29 is 19.1 Å². The van der Waals surface area contributed by atoms with Crippen LogP contribution in [0.2, 0.25) is 5.02 Å². The number of hydrazone groups is 1. The van der Waals surface area contributed by atoms with E-state index in [2.05, 4.69) is 10.5 Å². The van der Waals surface area contributed by atoms with Gasteiger partial charge in [0.15, 0.2) is 0 Å². The molecule has 4 aromatic carbocycles. The molecule has 1 fully saturated rings. The second-order valence-electron chi connectivity index (χ2n) is 10.8. The van der Waals surface area contributed by atoms with E-state index in [4.69, 9.17) is 16.3 Å². The summed E-state index contributed by atoms with van der Waals surface area (Å²) < 4.78 is 5.55. The first-order chi connectivity index (χ1) is 20.5. The molecule has 42 heavy (non-hydrogen) atoms. The van der Waals surface area contributed by atoms with Crippen LogP contribution in [0.15, 0.2) is 102 Å². The molecule has 3 amide bonds. The zero-order valence-electron chi connectivity index (χ0n) is 22.7. The molecule has 4 aliphatic rings. The molecule has 1 heterocycles. The maximum atomic E-state index is 14.5. The fraction of sp³-hybridized carbons (Fsp3) is 0.176. The van der Waals surface area contributed by atoms with Crippen LogP contribution in [0, 0.1) is 11.8 Å². The summed E-state index contributed by atoms with van der Waals surface area (Å²) in [4.78, 5) is 43.0. The van der Waals surface area contributed by atoms with Gasteiger partial charge in [-0.1, -0.05) is 84.4 Å². The van der Waals surface area contributed by atoms with E-state index in [1.807, 2.05) is 48.5 Å². The van der Waals surface area contributed by atoms with Crippen LogP contribution in [0.3, 0.4) is 0 Å². The van der Waals surface area contributed by atoms with Gasteiger partial charge in [0, 0.05) is 17.2 Å². The second-order valence-corrected chi connectivity index (χ2v) is 11.2. The number of halogens is 1. The van der Waals surface area contributed by atoms with Crippen LogP contribution >= 0.6 is 11.6 Å². The van der Waals surface area contributed by atoms with E-state index >= 15 is 0 Å². The molecule has 1 aliphatic heterocycles. The number of imide groups is 1. The average Bonchev–Trinajstić information content (AvgIpc) is 3.28. The highest BCUT2D eigenvalue weighted by molar-refractivity contribution is 6.30. The maximum Gasteiger partial charge on any atom is 0.244 e. The highest BCUT2D eigenvalue weighted by Crippen LogP contribution is 2.63. The average molecular weight is 576 g/mol. The summed E-state index contributed by atoms with van der Waals surface area (Å²) in [6, 6.07) is 29.9. The van der Waals surface area contributed by atoms with Crippen LogP contribution < -0.4 is 15.1 Å². The van der Waals surface area contributed by atoms with E-state index in [0.29, 0.717) is 16.5 Å². The Hall–Kier alpha value is -4.75. The predicted octanol–water partition coefficient (Wildman–Crippen LogP) is 5.24. The minimum absolute atomic E-state index is 0.113. The molecule has 0 spiro atoms. The first-order valence-electron chi connectivity index (χ1n) is 13.7. The number of ether oxygens (including phenoxy) is 1. The van der Waals surface area contributed by atoms with Crippen molar-refractivity contribution in [2.75, 3.05) is 12.0 Å². The van der Waals surface area contributed by atoms with Crippen molar-refractivity contribution in [2.24, 2.45) is 16.9 Å². The second kappa shape index (κ2) is 9.96. The Morgan fingerprint density at radius 3 is 2.19 bits per heavy atom. The highest BCUT2D eigenvalue weighted by atomic mass is 35.5. The Balaban J connectivity index is 1.35. The van der Waals surface area contributed by atoms with Crippen LogP contribution in [-0.4, -0.2) is 31.0 Å². The third-order valence-corrected chi connectivity index (χ3v) is 9.00. The third-order valence-electron chi connectivity index (χ3n) is 8.75. The van der Waals surface area contributed by atoms with Crippen molar-refractivity contribution in [3.63, 3.8) is 0 Å². The number of hydrogen-bond acceptors (Lipinski definition) is 5. The standard InChI is InChI=1S/C34H26ClN3O4/c1-42-27-13-7-6-12-26(27)38-32(40)30-29-22-8-2-4-10-24(22)34(31(30)33(38)41,25-11-5-3-9-23(25)29)19-36-37-28(39)18-20-14-16-21(35)17-15-20/h2-17,19,29-31H,18H2,1H3,(H,37,39)/b36-19+. The van der Waals surface area contributed by atoms with Gasteiger partial charge in [0.05, 0.1) is 36.5 Å². The molecular formula is C34H26ClN3O4. The van der Waals surface area contributed by atoms with Crippen LogP contribution in [-0.2, 0) is 26.2 Å². The maximum absolute atomic E-state index is 14.5. The van der Waals surface area contributed by atoms with E-state index in [1.165, 1.54) is 12.0 Å². The van der Waals surface area contributed by atoms with Crippen molar-refractivity contribution in [2.45, 2.75) is 17.8 Å². The first-order valence-corrected chi connectivity index (χ1v) is 14.1. The van der Waals surface area contributed by atoms with Gasteiger partial charge in [0.25, 0.3) is 0 Å². The molecule has 0 radical (unpaired) electrons. The van der Waals surface area contributed by atoms with Gasteiger partial charge in [-0.05, 0) is 52.1 Å². The largest absolute Gasteiger partial charge is 0.495 e. The number of rotatable bonds is 6. The monoisotopic (exact) mass is 575 g/mol. The molecule has 0 saturated carbocycles. The fourth-order valence-electron chi connectivity index (χ4n) is 7.13. The third kappa shape index (κ3) is 3.73. The predicted molar refractivity (Wildman–Crippen MR) is 160 cm³/mol. The summed E-state index contributed by atoms with van der Waals surface area (Å²) in [7, 11) is 1.52. The zero-order valence-corrected chi connectivity index (χ0v) is 23.4. The van der Waals surface area contributed by atoms with Gasteiger partial charge in [-0.2, -0.15) is 5.10 Å². The highest BCUT2D eigenvalue weighted by Gasteiger charge is 2.68. The summed E-state index contributed by atoms with van der Waals surface area (Å²) in [5, 5.41) is 5.06. The van der Waals surface area contributed by atoms with Crippen LogP contribution in [0.25, 0.3) is 0 Å². The van der Waals surface area contributed by atoms with Crippen molar-refractivity contribution >= 4 is 41.2 Å². The summed E-state index contributed by atoms with van der Waals surface area (Å²) in [6.07, 6.45) is 1.77. The summed E-state index contributed by atoms with van der Waals surface area (Å²) in [5.41, 5.74) is 6.59. The molecule has 2 bridgehead atoms. The Bertz CT molecular complexity index is 1740. The first kappa shape index (κ1) is 26.2. The van der Waals surface area contributed by atoms with Gasteiger partial charge in [0.1, 0.15) is 5.75 Å². The lowest BCUT2D eigenvalue weighted by atomic mass is 9.47. The number of para-hydroxylation sites is 2. The van der Waals surface area contributed by atoms with Gasteiger partial charge < -0.3 is 4.74 Å². The van der Waals surface area contributed by atoms with Crippen molar-refractivity contribution in [1.82, 2.24) is 5.43 Å². The Morgan fingerprint density at radius 2 is 1.52 bits per heavy atom. The molecule has 208 valence electrons. The van der Waals surface area contributed by atoms with Crippen LogP contribution in [0.4, 0.5) is 5.69 Å². The Kier molecular flexibility index (Phi) is 6.21. The van der Waals surface area contributed by atoms with Crippen LogP contribution in [0.1, 0.15) is 33.7 Å². The number of carbonyl (C=O) groups excluding carboxylic acids is 3. The molecule has 8 heteroatoms. The van der Waals surface area contributed by atoms with Crippen LogP contribution in [0.5, 0.6) is 5.75 Å². The molecule has 1 saturated heterocycles. The SMILES string of the molecule is COc1ccccc1N1C(=O)C2C3c4ccccc4C(/C=N/NC(=O)Cc4ccc(Cl)cc4)(c4ccccc43)C2C1=O. The van der Waals surface area contributed by atoms with Gasteiger partial charge in [-0.15, -0.1) is 0 Å². The quantitative estimate of drug-likeness (QED) is 0.193. The molecule has 3 aliphatic carbocycles. The number of methoxy groups -OCH3 is 1. The lowest BCUT2D eigenvalue weighted by Crippen LogP contribution is -2.54. The molecule has 2 unspecified atom stereocenters. The lowest BCUT2D eigenvalue weighted by molar-refractivity contribution is -0.123. The number of carbonyl (C=O) groups is 3. The number of nitrogens with one attached hydrogen (secondary N) is 1. The van der Waals surface area contributed by atoms with Crippen molar-refractivity contribution in [3.05, 3.63) is 130 Å². The van der Waals surface area contributed by atoms with Gasteiger partial charge >= 0.3 is 0 Å². The zero-order chi connectivity index (χ0) is 29.0. The minimum Gasteiger partial charge on any atom is -0.495 e. The topological polar surface area (TPSA) is 88.1 Å². The smallest absolute Gasteiger partial charge is 0.244 e. The Labute approximate surface area is 247 Å². The van der Waals surface area contributed by atoms with Crippen molar-refractivity contribution in [1.29, 1.82) is 0 Å². The Morgan fingerprint density at radius 1 is 0.905 bits per heavy atom. The minimum atomic E-state index is -1.08. The number of nitrogens with zero attached hydrogens (tertiary/aromatic N) is 2. The normalized spacial score (nSPS) is 23.5. The molecule has 1 N–H and O–H groups in total. The number of hydrogen-bond donors (Lipinski definition) is 1. The fourth-order valence-corrected chi connectivity index (χ4v) is 7.26. The molecule has 8 rings (SSSR count). The molecule has 7 nitrogen and oxygen atoms in total. The number of anilines is 1. The summed E-state index contributed by atoms with van der Waals surface area (Å²) in [6.45, 7) is 0. The van der Waals surface area contributed by atoms with Gasteiger partial charge in [0.2, 0.25) is 17.7 Å². The molecular weight excluding hydrogens is 550 g/mol. The van der Waals surface area contributed by atoms with E-state index < -0.39 is 17.3 Å². The van der Waals surface area contributed by atoms with E-state index in [0.717, 1.165) is 27.8 Å². The molecule has 4 aromatic rings. The number of benzene rings is 4. The van der Waals surface area contributed by atoms with E-state index in [-0.39, 0.29) is 30.1 Å². The summed E-state index contributed by atoms with van der Waals surface area (Å²) in [5.74, 6) is -2.16. The molecule has 2 atom stereocenters. The molecule has 0 aromatic heterocycles. The van der Waals surface area contributed by atoms with Gasteiger partial charge in [-0.3, -0.25) is 14.4 Å². The summed E-state index contributed by atoms with van der Waals surface area (Å²) >= 11 is 5.98. The van der Waals surface area contributed by atoms with Crippen molar-refractivity contribution in [3.8, 4) is 5.75 Å². The lowest BCUT2D eigenvalue weighted by Gasteiger charge is -2.52. The number of amides is 3. The van der Waals surface area contributed by atoms with Gasteiger partial charge in [-0.25, -0.2) is 10.3 Å².